The number of nitrogens with zero attached hydrogens (tertiary/aromatic N) is 3. The Balaban J connectivity index is 1.50. The molecule has 6 rings (SSSR count). The summed E-state index contributed by atoms with van der Waals surface area (Å²) in [4.78, 5) is 27.2. The molecule has 44 heavy (non-hydrogen) atoms. The number of hydrogen-bond donors (Lipinski definition) is 1. The third kappa shape index (κ3) is 4.93. The summed E-state index contributed by atoms with van der Waals surface area (Å²) in [6, 6.07) is 21.0. The van der Waals surface area contributed by atoms with Crippen LogP contribution in [0.1, 0.15) is 22.6 Å². The number of aromatic nitrogens is 1. The highest BCUT2D eigenvalue weighted by molar-refractivity contribution is 7.89. The minimum atomic E-state index is -4.41. The topological polar surface area (TPSA) is 165 Å². The Kier molecular flexibility index (Phi) is 6.91. The highest BCUT2D eigenvalue weighted by Gasteiger charge is 2.38. The van der Waals surface area contributed by atoms with E-state index < -0.39 is 38.3 Å². The highest BCUT2D eigenvalue weighted by Crippen LogP contribution is 2.44. The van der Waals surface area contributed by atoms with Gasteiger partial charge in [-0.25, -0.2) is 22.9 Å². The maximum atomic E-state index is 13.7. The Morgan fingerprint density at radius 1 is 1.05 bits per heavy atom. The fourth-order valence-corrected chi connectivity index (χ4v) is 5.97. The van der Waals surface area contributed by atoms with Crippen LogP contribution < -0.4 is 15.1 Å². The Hall–Kier alpha value is -5.87. The van der Waals surface area contributed by atoms with Gasteiger partial charge in [-0.3, -0.25) is 10.1 Å². The molecule has 0 saturated carbocycles. The maximum absolute atomic E-state index is 13.7. The van der Waals surface area contributed by atoms with Crippen LogP contribution in [0.5, 0.6) is 5.75 Å². The number of hydrogen-bond acceptors (Lipinski definition) is 9. The lowest BCUT2D eigenvalue weighted by atomic mass is 9.83. The fourth-order valence-electron chi connectivity index (χ4n) is 4.96. The number of nitro groups is 1. The largest absolute Gasteiger partial charge is 0.438 e. The van der Waals surface area contributed by atoms with Crippen LogP contribution in [0.25, 0.3) is 22.1 Å². The normalized spacial score (nSPS) is 14.4. The van der Waals surface area contributed by atoms with Crippen LogP contribution in [-0.4, -0.2) is 18.3 Å². The van der Waals surface area contributed by atoms with E-state index in [-0.39, 0.29) is 33.1 Å². The molecule has 218 valence electrons. The van der Waals surface area contributed by atoms with Gasteiger partial charge < -0.3 is 9.15 Å². The van der Waals surface area contributed by atoms with Gasteiger partial charge in [0.2, 0.25) is 11.8 Å². The first-order valence-electron chi connectivity index (χ1n) is 12.9. The molecule has 3 heterocycles. The summed E-state index contributed by atoms with van der Waals surface area (Å²) in [5.41, 5.74) is 0.980. The quantitative estimate of drug-likeness (QED) is 0.114. The van der Waals surface area contributed by atoms with Crippen LogP contribution in [0.4, 0.5) is 10.1 Å². The number of non-ortho nitro benzene ring substituents is 1. The summed E-state index contributed by atoms with van der Waals surface area (Å²) in [6.45, 7) is 1.59. The Bertz CT molecular complexity index is 2220. The minimum Gasteiger partial charge on any atom is -0.438 e. The number of nitriles is 1. The summed E-state index contributed by atoms with van der Waals surface area (Å²) < 4.78 is 54.3. The van der Waals surface area contributed by atoms with E-state index in [0.29, 0.717) is 27.6 Å². The lowest BCUT2D eigenvalue weighted by molar-refractivity contribution is -0.384. The molecule has 1 aliphatic rings. The van der Waals surface area contributed by atoms with E-state index in [9.17, 15) is 33.0 Å². The molecule has 2 aromatic heterocycles. The standard InChI is InChI=1S/C31H19FN4O7S/c1-17-14-20(16-34-29(17)32)18-6-8-19(9-7-18)26-24(15-33)30(35-44(40,41)22-12-10-21(11-13-22)36(38)39)43-28-23-4-2-3-5-25(23)42-31(37)27(26)28/h2-14,16,26,35H,1H3. The van der Waals surface area contributed by atoms with Crippen LogP contribution in [0.15, 0.2) is 111 Å². The van der Waals surface area contributed by atoms with E-state index >= 15 is 0 Å². The van der Waals surface area contributed by atoms with Gasteiger partial charge >= 0.3 is 5.63 Å². The zero-order valence-electron chi connectivity index (χ0n) is 22.6. The molecular formula is C31H19FN4O7S. The van der Waals surface area contributed by atoms with Crippen LogP contribution in [0, 0.1) is 34.3 Å². The van der Waals surface area contributed by atoms with Crippen molar-refractivity contribution >= 4 is 26.7 Å². The number of sulfonamides is 1. The van der Waals surface area contributed by atoms with Crippen LogP contribution in [0.2, 0.25) is 0 Å². The van der Waals surface area contributed by atoms with Gasteiger partial charge in [0.05, 0.1) is 26.7 Å². The van der Waals surface area contributed by atoms with Crippen molar-refractivity contribution in [3.63, 3.8) is 0 Å². The average Bonchev–Trinajstić information content (AvgIpc) is 3.02. The molecule has 1 unspecified atom stereocenters. The minimum absolute atomic E-state index is 0.00434. The van der Waals surface area contributed by atoms with E-state index in [1.165, 1.54) is 6.20 Å². The molecule has 1 N–H and O–H groups in total. The number of allylic oxidation sites excluding steroid dienone is 1. The van der Waals surface area contributed by atoms with Crippen molar-refractivity contribution in [3.8, 4) is 22.9 Å². The molecule has 13 heteroatoms. The predicted molar refractivity (Wildman–Crippen MR) is 155 cm³/mol. The number of halogens is 1. The maximum Gasteiger partial charge on any atom is 0.344 e. The fraction of sp³-hybridized carbons (Fsp3) is 0.0645. The number of pyridine rings is 1. The van der Waals surface area contributed by atoms with Gasteiger partial charge in [-0.2, -0.15) is 9.65 Å². The second kappa shape index (κ2) is 10.8. The Labute approximate surface area is 248 Å². The number of ether oxygens (including phenoxy) is 1. The molecule has 0 spiro atoms. The highest BCUT2D eigenvalue weighted by atomic mass is 32.2. The van der Waals surface area contributed by atoms with Gasteiger partial charge in [-0.05, 0) is 48.4 Å². The first-order chi connectivity index (χ1) is 21.1. The number of nitrogens with one attached hydrogen (secondary N) is 1. The van der Waals surface area contributed by atoms with Gasteiger partial charge in [0.15, 0.2) is 5.75 Å². The van der Waals surface area contributed by atoms with Crippen molar-refractivity contribution in [2.75, 3.05) is 0 Å². The zero-order valence-corrected chi connectivity index (χ0v) is 23.5. The molecule has 1 atom stereocenters. The molecule has 5 aromatic rings. The van der Waals surface area contributed by atoms with E-state index in [2.05, 4.69) is 9.71 Å². The first kappa shape index (κ1) is 28.3. The second-order valence-electron chi connectivity index (χ2n) is 9.83. The molecule has 0 radical (unpaired) electrons. The van der Waals surface area contributed by atoms with Gasteiger partial charge in [-0.1, -0.05) is 36.4 Å². The van der Waals surface area contributed by atoms with Crippen molar-refractivity contribution in [2.45, 2.75) is 17.7 Å². The van der Waals surface area contributed by atoms with Crippen molar-refractivity contribution in [3.05, 3.63) is 140 Å². The average molecular weight is 611 g/mol. The molecule has 0 amide bonds. The van der Waals surface area contributed by atoms with Crippen molar-refractivity contribution in [2.24, 2.45) is 0 Å². The predicted octanol–water partition coefficient (Wildman–Crippen LogP) is 5.45. The number of para-hydroxylation sites is 1. The molecule has 0 bridgehead atoms. The lowest BCUT2D eigenvalue weighted by Crippen LogP contribution is -2.33. The molecule has 0 fully saturated rings. The number of nitro benzene ring substituents is 1. The summed E-state index contributed by atoms with van der Waals surface area (Å²) in [6.07, 6.45) is 1.38. The molecule has 0 aliphatic carbocycles. The third-order valence-corrected chi connectivity index (χ3v) is 8.47. The number of fused-ring (bicyclic) bond motifs is 3. The van der Waals surface area contributed by atoms with Crippen molar-refractivity contribution < 1.29 is 26.9 Å². The Morgan fingerprint density at radius 3 is 2.41 bits per heavy atom. The summed E-state index contributed by atoms with van der Waals surface area (Å²) in [7, 11) is -4.41. The first-order valence-corrected chi connectivity index (χ1v) is 14.4. The zero-order chi connectivity index (χ0) is 31.2. The van der Waals surface area contributed by atoms with Crippen molar-refractivity contribution in [1.29, 1.82) is 5.26 Å². The Morgan fingerprint density at radius 2 is 1.75 bits per heavy atom. The number of rotatable bonds is 6. The number of benzene rings is 3. The number of aryl methyl sites for hydroxylation is 1. The van der Waals surface area contributed by atoms with E-state index in [4.69, 9.17) is 9.15 Å². The van der Waals surface area contributed by atoms with E-state index in [0.717, 1.165) is 24.3 Å². The van der Waals surface area contributed by atoms with Crippen molar-refractivity contribution in [1.82, 2.24) is 9.71 Å². The van der Waals surface area contributed by atoms with E-state index in [1.807, 2.05) is 6.07 Å². The molecular weight excluding hydrogens is 591 g/mol. The molecule has 11 nitrogen and oxygen atoms in total. The van der Waals surface area contributed by atoms with Gasteiger partial charge in [-0.15, -0.1) is 0 Å². The van der Waals surface area contributed by atoms with Gasteiger partial charge in [0.1, 0.15) is 17.2 Å². The van der Waals surface area contributed by atoms with Crippen LogP contribution in [0.3, 0.4) is 0 Å². The van der Waals surface area contributed by atoms with E-state index in [1.54, 1.807) is 61.5 Å². The summed E-state index contributed by atoms with van der Waals surface area (Å²) in [5.74, 6) is -2.14. The van der Waals surface area contributed by atoms with Crippen LogP contribution in [-0.2, 0) is 10.0 Å². The summed E-state index contributed by atoms with van der Waals surface area (Å²) >= 11 is 0. The molecule has 3 aromatic carbocycles. The van der Waals surface area contributed by atoms with Crippen LogP contribution >= 0.6 is 0 Å². The van der Waals surface area contributed by atoms with Gasteiger partial charge in [0.25, 0.3) is 15.7 Å². The third-order valence-electron chi connectivity index (χ3n) is 7.12. The summed E-state index contributed by atoms with van der Waals surface area (Å²) in [5, 5.41) is 21.7. The molecule has 0 saturated heterocycles. The SMILES string of the molecule is Cc1cc(-c2ccc(C3C(C#N)=C(NS(=O)(=O)c4ccc([N+](=O)[O-])cc4)Oc4c3c(=O)oc3ccccc43)cc2)cnc1F. The molecule has 1 aliphatic heterocycles. The van der Waals surface area contributed by atoms with Gasteiger partial charge in [0, 0.05) is 29.5 Å². The lowest BCUT2D eigenvalue weighted by Gasteiger charge is -2.28. The monoisotopic (exact) mass is 610 g/mol. The smallest absolute Gasteiger partial charge is 0.344 e. The second-order valence-corrected chi connectivity index (χ2v) is 11.5.